The third-order valence-corrected chi connectivity index (χ3v) is 3.89. The van der Waals surface area contributed by atoms with Gasteiger partial charge in [0.15, 0.2) is 0 Å². The van der Waals surface area contributed by atoms with E-state index >= 15 is 0 Å². The number of carbonyl (C=O) groups is 1. The number of rotatable bonds is 13. The van der Waals surface area contributed by atoms with Crippen molar-refractivity contribution in [2.75, 3.05) is 19.8 Å². The first-order chi connectivity index (χ1) is 11.3. The highest BCUT2D eigenvalue weighted by Crippen LogP contribution is 2.13. The molecule has 0 aliphatic heterocycles. The normalized spacial score (nSPS) is 10.7. The molecule has 0 fully saturated rings. The van der Waals surface area contributed by atoms with Gasteiger partial charge in [-0.1, -0.05) is 64.2 Å². The standard InChI is InChI=1S/C20H32O3/c1-3-5-7-8-11-15-22-16-17-23-20(21)19-14-10-9-13-18(19)12-6-4-2/h9-10,13-14H,3-8,11-12,15-17H2,1-2H3. The van der Waals surface area contributed by atoms with E-state index in [2.05, 4.69) is 13.8 Å². The van der Waals surface area contributed by atoms with Gasteiger partial charge in [-0.05, 0) is 30.9 Å². The van der Waals surface area contributed by atoms with Crippen molar-refractivity contribution in [1.82, 2.24) is 0 Å². The van der Waals surface area contributed by atoms with Crippen LogP contribution in [0, 0.1) is 0 Å². The molecule has 3 heteroatoms. The van der Waals surface area contributed by atoms with Crippen LogP contribution in [0.4, 0.5) is 0 Å². The summed E-state index contributed by atoms with van der Waals surface area (Å²) in [5, 5.41) is 0. The number of carbonyl (C=O) groups excluding carboxylic acids is 1. The van der Waals surface area contributed by atoms with Crippen molar-refractivity contribution in [3.05, 3.63) is 35.4 Å². The van der Waals surface area contributed by atoms with Crippen molar-refractivity contribution in [2.45, 2.75) is 65.2 Å². The lowest BCUT2D eigenvalue weighted by atomic mass is 10.0. The summed E-state index contributed by atoms with van der Waals surface area (Å²) in [5.41, 5.74) is 1.77. The molecule has 3 nitrogen and oxygen atoms in total. The van der Waals surface area contributed by atoms with Crippen molar-refractivity contribution in [2.24, 2.45) is 0 Å². The van der Waals surface area contributed by atoms with Crippen LogP contribution in [-0.4, -0.2) is 25.8 Å². The molecule has 1 rings (SSSR count). The molecular formula is C20H32O3. The lowest BCUT2D eigenvalue weighted by Gasteiger charge is -2.09. The minimum Gasteiger partial charge on any atom is -0.460 e. The molecule has 0 atom stereocenters. The Morgan fingerprint density at radius 2 is 1.61 bits per heavy atom. The predicted octanol–water partition coefficient (Wildman–Crippen LogP) is 5.17. The summed E-state index contributed by atoms with van der Waals surface area (Å²) in [6.07, 6.45) is 9.29. The quantitative estimate of drug-likeness (QED) is 0.371. The smallest absolute Gasteiger partial charge is 0.338 e. The van der Waals surface area contributed by atoms with Crippen LogP contribution in [-0.2, 0) is 15.9 Å². The molecule has 0 amide bonds. The van der Waals surface area contributed by atoms with Gasteiger partial charge < -0.3 is 9.47 Å². The Morgan fingerprint density at radius 1 is 0.870 bits per heavy atom. The largest absolute Gasteiger partial charge is 0.460 e. The molecule has 1 aromatic carbocycles. The van der Waals surface area contributed by atoms with Gasteiger partial charge in [-0.15, -0.1) is 0 Å². The average molecular weight is 320 g/mol. The highest BCUT2D eigenvalue weighted by Gasteiger charge is 2.11. The fraction of sp³-hybridized carbons (Fsp3) is 0.650. The number of benzene rings is 1. The Kier molecular flexibility index (Phi) is 11.2. The molecular weight excluding hydrogens is 288 g/mol. The van der Waals surface area contributed by atoms with Gasteiger partial charge in [0.2, 0.25) is 0 Å². The Labute approximate surface area is 141 Å². The topological polar surface area (TPSA) is 35.5 Å². The first-order valence-electron chi connectivity index (χ1n) is 9.12. The van der Waals surface area contributed by atoms with E-state index in [4.69, 9.17) is 9.47 Å². The highest BCUT2D eigenvalue weighted by atomic mass is 16.6. The maximum absolute atomic E-state index is 12.2. The molecule has 0 spiro atoms. The van der Waals surface area contributed by atoms with Gasteiger partial charge in [-0.3, -0.25) is 0 Å². The summed E-state index contributed by atoms with van der Waals surface area (Å²) in [5.74, 6) is -0.233. The number of unbranched alkanes of at least 4 members (excludes halogenated alkanes) is 5. The first-order valence-corrected chi connectivity index (χ1v) is 9.12. The van der Waals surface area contributed by atoms with E-state index in [0.29, 0.717) is 18.8 Å². The Bertz CT molecular complexity index is 429. The van der Waals surface area contributed by atoms with Crippen LogP contribution in [0.5, 0.6) is 0 Å². The van der Waals surface area contributed by atoms with E-state index in [1.54, 1.807) is 0 Å². The number of hydrogen-bond donors (Lipinski definition) is 0. The molecule has 0 saturated carbocycles. The van der Waals surface area contributed by atoms with Gasteiger partial charge in [0.1, 0.15) is 6.61 Å². The van der Waals surface area contributed by atoms with Crippen molar-refractivity contribution in [1.29, 1.82) is 0 Å². The molecule has 0 unspecified atom stereocenters. The molecule has 130 valence electrons. The number of hydrogen-bond acceptors (Lipinski definition) is 3. The van der Waals surface area contributed by atoms with Crippen molar-refractivity contribution >= 4 is 5.97 Å². The highest BCUT2D eigenvalue weighted by molar-refractivity contribution is 5.91. The van der Waals surface area contributed by atoms with E-state index in [-0.39, 0.29) is 5.97 Å². The van der Waals surface area contributed by atoms with E-state index in [1.807, 2.05) is 24.3 Å². The number of esters is 1. The van der Waals surface area contributed by atoms with Crippen LogP contribution < -0.4 is 0 Å². The van der Waals surface area contributed by atoms with Gasteiger partial charge >= 0.3 is 5.97 Å². The lowest BCUT2D eigenvalue weighted by Crippen LogP contribution is -2.13. The van der Waals surface area contributed by atoms with Crippen LogP contribution in [0.3, 0.4) is 0 Å². The first kappa shape index (κ1) is 19.7. The molecule has 1 aromatic rings. The second-order valence-electron chi connectivity index (χ2n) is 5.92. The lowest BCUT2D eigenvalue weighted by molar-refractivity contribution is 0.0311. The molecule has 0 saturated heterocycles. The van der Waals surface area contributed by atoms with Gasteiger partial charge in [-0.25, -0.2) is 4.79 Å². The molecule has 0 heterocycles. The summed E-state index contributed by atoms with van der Waals surface area (Å²) in [6.45, 7) is 5.94. The third kappa shape index (κ3) is 8.75. The van der Waals surface area contributed by atoms with E-state index in [9.17, 15) is 4.79 Å². The van der Waals surface area contributed by atoms with Gasteiger partial charge in [-0.2, -0.15) is 0 Å². The fourth-order valence-corrected chi connectivity index (χ4v) is 2.49. The van der Waals surface area contributed by atoms with E-state index < -0.39 is 0 Å². The second-order valence-corrected chi connectivity index (χ2v) is 5.92. The van der Waals surface area contributed by atoms with Crippen molar-refractivity contribution in [3.63, 3.8) is 0 Å². The SMILES string of the molecule is CCCCCCCOCCOC(=O)c1ccccc1CCCC. The van der Waals surface area contributed by atoms with Crippen molar-refractivity contribution < 1.29 is 14.3 Å². The zero-order valence-electron chi connectivity index (χ0n) is 14.8. The zero-order chi connectivity index (χ0) is 16.8. The molecule has 0 aliphatic carbocycles. The fourth-order valence-electron chi connectivity index (χ4n) is 2.49. The molecule has 0 bridgehead atoms. The third-order valence-electron chi connectivity index (χ3n) is 3.89. The predicted molar refractivity (Wildman–Crippen MR) is 94.9 cm³/mol. The molecule has 0 aliphatic rings. The van der Waals surface area contributed by atoms with Crippen LogP contribution in [0.2, 0.25) is 0 Å². The molecule has 0 radical (unpaired) electrons. The van der Waals surface area contributed by atoms with Crippen molar-refractivity contribution in [3.8, 4) is 0 Å². The monoisotopic (exact) mass is 320 g/mol. The van der Waals surface area contributed by atoms with Crippen LogP contribution in [0.25, 0.3) is 0 Å². The Hall–Kier alpha value is -1.35. The maximum Gasteiger partial charge on any atom is 0.338 e. The van der Waals surface area contributed by atoms with Gasteiger partial charge in [0.25, 0.3) is 0 Å². The molecule has 0 N–H and O–H groups in total. The van der Waals surface area contributed by atoms with Gasteiger partial charge in [0.05, 0.1) is 12.2 Å². The van der Waals surface area contributed by atoms with Gasteiger partial charge in [0, 0.05) is 6.61 Å². The minimum atomic E-state index is -0.233. The summed E-state index contributed by atoms with van der Waals surface area (Å²) < 4.78 is 10.8. The van der Waals surface area contributed by atoms with Crippen LogP contribution in [0.15, 0.2) is 24.3 Å². The van der Waals surface area contributed by atoms with E-state index in [0.717, 1.165) is 37.9 Å². The maximum atomic E-state index is 12.2. The number of aryl methyl sites for hydroxylation is 1. The average Bonchev–Trinajstić information content (AvgIpc) is 2.58. The number of ether oxygens (including phenoxy) is 2. The van der Waals surface area contributed by atoms with E-state index in [1.165, 1.54) is 25.7 Å². The Balaban J connectivity index is 2.19. The summed E-state index contributed by atoms with van der Waals surface area (Å²) in [7, 11) is 0. The molecule has 23 heavy (non-hydrogen) atoms. The van der Waals surface area contributed by atoms with Crippen LogP contribution in [0.1, 0.15) is 74.7 Å². The summed E-state index contributed by atoms with van der Waals surface area (Å²) in [4.78, 5) is 12.2. The summed E-state index contributed by atoms with van der Waals surface area (Å²) >= 11 is 0. The molecule has 0 aromatic heterocycles. The zero-order valence-corrected chi connectivity index (χ0v) is 14.8. The summed E-state index contributed by atoms with van der Waals surface area (Å²) in [6, 6.07) is 7.73. The Morgan fingerprint density at radius 3 is 2.39 bits per heavy atom. The minimum absolute atomic E-state index is 0.233. The second kappa shape index (κ2) is 13.1. The van der Waals surface area contributed by atoms with Crippen LogP contribution >= 0.6 is 0 Å².